The van der Waals surface area contributed by atoms with Gasteiger partial charge in [0, 0.05) is 36.5 Å². The van der Waals surface area contributed by atoms with Crippen LogP contribution in [0.5, 0.6) is 0 Å². The number of hydrogen-bond acceptors (Lipinski definition) is 4. The first-order valence-corrected chi connectivity index (χ1v) is 11.3. The van der Waals surface area contributed by atoms with Gasteiger partial charge in [-0.1, -0.05) is 42.5 Å². The number of halogens is 1. The number of ketones is 1. The predicted octanol–water partition coefficient (Wildman–Crippen LogP) is 7.15. The van der Waals surface area contributed by atoms with E-state index in [1.165, 1.54) is 13.0 Å². The Kier molecular flexibility index (Phi) is 10.5. The summed E-state index contributed by atoms with van der Waals surface area (Å²) in [6.07, 6.45) is 12.2. The molecule has 0 aliphatic carbocycles. The molecule has 5 heteroatoms. The molecule has 178 valence electrons. The van der Waals surface area contributed by atoms with Gasteiger partial charge in [0.05, 0.1) is 23.2 Å². The minimum atomic E-state index is -0.374. The smallest absolute Gasteiger partial charge is 0.143 e. The van der Waals surface area contributed by atoms with E-state index in [4.69, 9.17) is 0 Å². The maximum absolute atomic E-state index is 13.5. The maximum Gasteiger partial charge on any atom is 0.143 e. The number of hydrogen-bond donors (Lipinski definition) is 0. The second kappa shape index (κ2) is 13.5. The van der Waals surface area contributed by atoms with Crippen molar-refractivity contribution in [2.24, 2.45) is 4.99 Å². The molecule has 0 bridgehead atoms. The van der Waals surface area contributed by atoms with Crippen molar-refractivity contribution in [1.29, 1.82) is 5.26 Å². The van der Waals surface area contributed by atoms with E-state index in [-0.39, 0.29) is 24.5 Å². The summed E-state index contributed by atoms with van der Waals surface area (Å²) in [4.78, 5) is 21.6. The number of aromatic nitrogens is 1. The van der Waals surface area contributed by atoms with Crippen molar-refractivity contribution in [2.45, 2.75) is 40.5 Å². The SMILES string of the molecule is C=C/C=C(\C=C(/C)F)c1ccc(CC(=O)Cc2ccc(/C(=C/C)N=CC=C(C)C)cn2)cc1C#N. The van der Waals surface area contributed by atoms with Crippen LogP contribution in [0.3, 0.4) is 0 Å². The summed E-state index contributed by atoms with van der Waals surface area (Å²) in [5.74, 6) is -0.392. The summed E-state index contributed by atoms with van der Waals surface area (Å²) in [6, 6.07) is 11.1. The Balaban J connectivity index is 2.14. The zero-order valence-electron chi connectivity index (χ0n) is 20.7. The average molecular weight is 468 g/mol. The number of carbonyl (C=O) groups excluding carboxylic acids is 1. The molecule has 0 amide bonds. The van der Waals surface area contributed by atoms with Gasteiger partial charge in [0.25, 0.3) is 0 Å². The van der Waals surface area contributed by atoms with Crippen LogP contribution in [0.15, 0.2) is 89.9 Å². The van der Waals surface area contributed by atoms with Crippen molar-refractivity contribution in [3.8, 4) is 6.07 Å². The molecule has 2 rings (SSSR count). The lowest BCUT2D eigenvalue weighted by Gasteiger charge is -2.08. The molecule has 1 heterocycles. The largest absolute Gasteiger partial charge is 0.299 e. The number of pyridine rings is 1. The number of Topliss-reactive ketones (excluding diaryl/α,β-unsaturated/α-hetero) is 1. The molecule has 0 aliphatic rings. The van der Waals surface area contributed by atoms with Gasteiger partial charge in [-0.15, -0.1) is 0 Å². The van der Waals surface area contributed by atoms with E-state index in [0.717, 1.165) is 22.4 Å². The standard InChI is InChI=1S/C30H30FN3O/c1-6-8-24(15-22(5)31)29-12-9-23(16-26(29)19-32)17-28(35)18-27-11-10-25(20-34-27)30(7-2)33-14-13-21(3)4/h6-16,20H,1,17-18H2,2-5H3/b22-15+,24-8+,30-7-,33-14?. The molecule has 0 unspecified atom stereocenters. The highest BCUT2D eigenvalue weighted by Crippen LogP contribution is 2.24. The highest BCUT2D eigenvalue weighted by molar-refractivity contribution is 5.84. The summed E-state index contributed by atoms with van der Waals surface area (Å²) in [7, 11) is 0. The zero-order valence-corrected chi connectivity index (χ0v) is 20.7. The van der Waals surface area contributed by atoms with Gasteiger partial charge >= 0.3 is 0 Å². The summed E-state index contributed by atoms with van der Waals surface area (Å²) < 4.78 is 13.5. The first kappa shape index (κ1) is 27.1. The lowest BCUT2D eigenvalue weighted by atomic mass is 9.95. The Hall–Kier alpha value is -4.17. The summed E-state index contributed by atoms with van der Waals surface area (Å²) in [5, 5.41) is 9.61. The van der Waals surface area contributed by atoms with Crippen LogP contribution in [-0.4, -0.2) is 17.0 Å². The van der Waals surface area contributed by atoms with Crippen LogP contribution in [0.4, 0.5) is 4.39 Å². The highest BCUT2D eigenvalue weighted by atomic mass is 19.1. The summed E-state index contributed by atoms with van der Waals surface area (Å²) >= 11 is 0. The quantitative estimate of drug-likeness (QED) is 0.275. The Morgan fingerprint density at radius 1 is 1.17 bits per heavy atom. The number of carbonyl (C=O) groups is 1. The second-order valence-electron chi connectivity index (χ2n) is 8.21. The van der Waals surface area contributed by atoms with Gasteiger partial charge in [0.2, 0.25) is 0 Å². The first-order valence-electron chi connectivity index (χ1n) is 11.3. The molecule has 0 radical (unpaired) electrons. The average Bonchev–Trinajstić information content (AvgIpc) is 2.81. The van der Waals surface area contributed by atoms with E-state index in [0.29, 0.717) is 22.4 Å². The van der Waals surface area contributed by atoms with Crippen molar-refractivity contribution >= 4 is 23.3 Å². The summed E-state index contributed by atoms with van der Waals surface area (Å²) in [5.41, 5.74) is 5.73. The molecule has 35 heavy (non-hydrogen) atoms. The van der Waals surface area contributed by atoms with Gasteiger partial charge in [0.1, 0.15) is 5.78 Å². The lowest BCUT2D eigenvalue weighted by molar-refractivity contribution is -0.117. The van der Waals surface area contributed by atoms with Crippen molar-refractivity contribution in [3.63, 3.8) is 0 Å². The molecule has 0 N–H and O–H groups in total. The zero-order chi connectivity index (χ0) is 25.8. The van der Waals surface area contributed by atoms with Gasteiger partial charge in [-0.25, -0.2) is 4.39 Å². The van der Waals surface area contributed by atoms with Crippen LogP contribution in [0.1, 0.15) is 55.6 Å². The molecule has 2 aromatic rings. The number of rotatable bonds is 10. The molecule has 0 saturated carbocycles. The molecule has 0 aliphatic heterocycles. The fourth-order valence-electron chi connectivity index (χ4n) is 3.36. The van der Waals surface area contributed by atoms with Gasteiger partial charge in [-0.05, 0) is 74.7 Å². The summed E-state index contributed by atoms with van der Waals surface area (Å²) in [6.45, 7) is 10.9. The van der Waals surface area contributed by atoms with Crippen LogP contribution in [-0.2, 0) is 17.6 Å². The van der Waals surface area contributed by atoms with E-state index in [1.54, 1.807) is 42.8 Å². The number of nitrogens with zero attached hydrogens (tertiary/aromatic N) is 3. The molecule has 0 saturated heterocycles. The molecular formula is C30H30FN3O. The Bertz CT molecular complexity index is 1260. The maximum atomic E-state index is 13.5. The number of nitriles is 1. The van der Waals surface area contributed by atoms with E-state index >= 15 is 0 Å². The van der Waals surface area contributed by atoms with Crippen molar-refractivity contribution in [2.75, 3.05) is 0 Å². The number of aliphatic imine (C=N–C) groups is 1. The van der Waals surface area contributed by atoms with E-state index in [2.05, 4.69) is 22.6 Å². The van der Waals surface area contributed by atoms with E-state index < -0.39 is 0 Å². The first-order chi connectivity index (χ1) is 16.8. The minimum Gasteiger partial charge on any atom is -0.299 e. The third-order valence-electron chi connectivity index (χ3n) is 4.96. The second-order valence-corrected chi connectivity index (χ2v) is 8.21. The van der Waals surface area contributed by atoms with Crippen molar-refractivity contribution in [1.82, 2.24) is 4.98 Å². The minimum absolute atomic E-state index is 0.0175. The Labute approximate surface area is 207 Å². The van der Waals surface area contributed by atoms with Gasteiger partial charge in [-0.2, -0.15) is 5.26 Å². The van der Waals surface area contributed by atoms with Crippen LogP contribution in [0.2, 0.25) is 0 Å². The lowest BCUT2D eigenvalue weighted by Crippen LogP contribution is -2.08. The van der Waals surface area contributed by atoms with Gasteiger partial charge < -0.3 is 0 Å². The van der Waals surface area contributed by atoms with Crippen LogP contribution in [0.25, 0.3) is 11.3 Å². The third-order valence-corrected chi connectivity index (χ3v) is 4.96. The van der Waals surface area contributed by atoms with Crippen LogP contribution >= 0.6 is 0 Å². The Morgan fingerprint density at radius 2 is 1.94 bits per heavy atom. The fraction of sp³-hybridized carbons (Fsp3) is 0.200. The molecule has 1 aromatic carbocycles. The van der Waals surface area contributed by atoms with Crippen molar-refractivity contribution < 1.29 is 9.18 Å². The predicted molar refractivity (Wildman–Crippen MR) is 142 cm³/mol. The third kappa shape index (κ3) is 8.60. The highest BCUT2D eigenvalue weighted by Gasteiger charge is 2.11. The Morgan fingerprint density at radius 3 is 2.51 bits per heavy atom. The van der Waals surface area contributed by atoms with Crippen molar-refractivity contribution in [3.05, 3.63) is 113 Å². The molecule has 0 atom stereocenters. The van der Waals surface area contributed by atoms with E-state index in [1.807, 2.05) is 45.1 Å². The molecule has 0 fully saturated rings. The normalized spacial score (nSPS) is 12.4. The fourth-order valence-corrected chi connectivity index (χ4v) is 3.36. The molecule has 0 spiro atoms. The van der Waals surface area contributed by atoms with Gasteiger partial charge in [-0.3, -0.25) is 14.8 Å². The topological polar surface area (TPSA) is 66.1 Å². The molecular weight excluding hydrogens is 437 g/mol. The van der Waals surface area contributed by atoms with Crippen LogP contribution in [0, 0.1) is 11.3 Å². The number of benzene rings is 1. The monoisotopic (exact) mass is 467 g/mol. The molecule has 4 nitrogen and oxygen atoms in total. The number of allylic oxidation sites excluding steroid dienone is 8. The van der Waals surface area contributed by atoms with Crippen LogP contribution < -0.4 is 0 Å². The van der Waals surface area contributed by atoms with E-state index in [9.17, 15) is 14.4 Å². The van der Waals surface area contributed by atoms with Gasteiger partial charge in [0.15, 0.2) is 0 Å². The molecule has 1 aromatic heterocycles.